The maximum absolute atomic E-state index is 14.4. The predicted molar refractivity (Wildman–Crippen MR) is 256 cm³/mol. The van der Waals surface area contributed by atoms with E-state index in [1.165, 1.54) is 60.4 Å². The summed E-state index contributed by atoms with van der Waals surface area (Å²) >= 11 is 11.7. The Morgan fingerprint density at radius 1 is 0.700 bits per heavy atom. The Morgan fingerprint density at radius 2 is 1.17 bits per heavy atom. The summed E-state index contributed by atoms with van der Waals surface area (Å²) in [6.07, 6.45) is 16.1. The Hall–Kier alpha value is -7.24. The van der Waals surface area contributed by atoms with Gasteiger partial charge in [-0.1, -0.05) is 42.8 Å². The number of aryl methyl sites for hydroxylation is 2. The predicted octanol–water partition coefficient (Wildman–Crippen LogP) is 5.68. The number of rotatable bonds is 15. The molecule has 0 atom stereocenters. The minimum absolute atomic E-state index is 0. The van der Waals surface area contributed by atoms with Crippen molar-refractivity contribution < 1.29 is 32.3 Å². The summed E-state index contributed by atoms with van der Waals surface area (Å²) in [6.45, 7) is -0.254. The van der Waals surface area contributed by atoms with Crippen LogP contribution in [0.3, 0.4) is 0 Å². The SMILES string of the molecule is C.NCc1cncc2c1NCCC2.O=C(Cn1c(Cl)cnc(NCC(F)(F)c2ccccn2)c1=O)NCc1cncc2c1NCCC2.O=C(O)Cn1c(Cl)cnc(NCC(F)(F)c2ccccn2)c1=O. The Bertz CT molecular complexity index is 2830. The molecule has 8 rings (SSSR count). The van der Waals surface area contributed by atoms with Crippen LogP contribution in [0.5, 0.6) is 0 Å². The molecule has 0 bridgehead atoms. The van der Waals surface area contributed by atoms with E-state index in [0.717, 1.165) is 77.8 Å². The molecule has 0 saturated heterocycles. The van der Waals surface area contributed by atoms with E-state index in [1.807, 2.05) is 12.4 Å². The molecule has 25 heteroatoms. The lowest BCUT2D eigenvalue weighted by molar-refractivity contribution is -0.137. The van der Waals surface area contributed by atoms with Crippen LogP contribution < -0.4 is 43.4 Å². The number of alkyl halides is 4. The van der Waals surface area contributed by atoms with Gasteiger partial charge < -0.3 is 37.4 Å². The van der Waals surface area contributed by atoms with Crippen molar-refractivity contribution in [2.75, 3.05) is 47.4 Å². The van der Waals surface area contributed by atoms with E-state index in [2.05, 4.69) is 56.5 Å². The van der Waals surface area contributed by atoms with Gasteiger partial charge in [-0.25, -0.2) is 9.97 Å². The highest BCUT2D eigenvalue weighted by molar-refractivity contribution is 6.29. The molecule has 6 aromatic heterocycles. The van der Waals surface area contributed by atoms with Crippen LogP contribution in [0, 0.1) is 0 Å². The zero-order chi connectivity index (χ0) is 49.6. The Labute approximate surface area is 408 Å². The number of pyridine rings is 4. The fraction of sp³-hybridized carbons (Fsp3) is 0.333. The van der Waals surface area contributed by atoms with Crippen molar-refractivity contribution in [2.24, 2.45) is 5.73 Å². The van der Waals surface area contributed by atoms with E-state index in [9.17, 15) is 36.7 Å². The first-order valence-corrected chi connectivity index (χ1v) is 22.0. The number of anilines is 4. The van der Waals surface area contributed by atoms with Crippen molar-refractivity contribution >= 4 is 58.1 Å². The van der Waals surface area contributed by atoms with E-state index < -0.39 is 78.2 Å². The van der Waals surface area contributed by atoms with Crippen LogP contribution in [-0.2, 0) is 60.5 Å². The molecule has 70 heavy (non-hydrogen) atoms. The van der Waals surface area contributed by atoms with Gasteiger partial charge in [0.05, 0.1) is 25.5 Å². The Morgan fingerprint density at radius 3 is 1.63 bits per heavy atom. The quantitative estimate of drug-likeness (QED) is 0.0611. The third-order valence-electron chi connectivity index (χ3n) is 10.4. The average molecular weight is 1010 g/mol. The number of carbonyl (C=O) groups excluding carboxylic acids is 1. The van der Waals surface area contributed by atoms with Crippen LogP contribution in [0.15, 0.2) is 95.6 Å². The molecule has 0 fully saturated rings. The number of amides is 1. The van der Waals surface area contributed by atoms with Crippen molar-refractivity contribution in [1.82, 2.24) is 44.4 Å². The lowest BCUT2D eigenvalue weighted by Crippen LogP contribution is -2.35. The van der Waals surface area contributed by atoms with E-state index in [1.54, 1.807) is 12.4 Å². The molecule has 8 N–H and O–H groups in total. The summed E-state index contributed by atoms with van der Waals surface area (Å²) < 4.78 is 58.4. The number of hydrogen-bond acceptors (Lipinski definition) is 15. The minimum atomic E-state index is -3.34. The fourth-order valence-electron chi connectivity index (χ4n) is 6.94. The molecule has 0 aromatic carbocycles. The molecule has 2 aliphatic heterocycles. The number of nitrogens with two attached hydrogens (primary N) is 1. The van der Waals surface area contributed by atoms with Gasteiger partial charge in [0.15, 0.2) is 11.6 Å². The van der Waals surface area contributed by atoms with Crippen LogP contribution in [0.25, 0.3) is 0 Å². The summed E-state index contributed by atoms with van der Waals surface area (Å²) in [5, 5.41) is 22.4. The van der Waals surface area contributed by atoms with E-state index in [0.29, 0.717) is 11.1 Å². The van der Waals surface area contributed by atoms with Crippen LogP contribution in [0.4, 0.5) is 40.6 Å². The Kier molecular flexibility index (Phi) is 19.1. The van der Waals surface area contributed by atoms with E-state index in [-0.39, 0.29) is 30.1 Å². The van der Waals surface area contributed by atoms with Gasteiger partial charge in [0.25, 0.3) is 11.1 Å². The number of nitrogens with one attached hydrogen (secondary N) is 5. The molecule has 0 radical (unpaired) electrons. The first kappa shape index (κ1) is 53.7. The van der Waals surface area contributed by atoms with Crippen LogP contribution in [0.1, 0.15) is 53.9 Å². The maximum atomic E-state index is 14.4. The van der Waals surface area contributed by atoms with Crippen molar-refractivity contribution in [2.45, 2.75) is 71.1 Å². The summed E-state index contributed by atoms with van der Waals surface area (Å²) in [7, 11) is 0. The van der Waals surface area contributed by atoms with Gasteiger partial charge in [-0.15, -0.1) is 0 Å². The first-order chi connectivity index (χ1) is 33.1. The number of hydrogen-bond donors (Lipinski definition) is 7. The normalized spacial score (nSPS) is 12.6. The third-order valence-corrected chi connectivity index (χ3v) is 11.0. The van der Waals surface area contributed by atoms with Gasteiger partial charge in [0, 0.05) is 85.9 Å². The highest BCUT2D eigenvalue weighted by Gasteiger charge is 2.34. The topological polar surface area (TPSA) is 262 Å². The largest absolute Gasteiger partial charge is 0.480 e. The standard InChI is InChI=1S/C22H22ClF2N7O2.C13H11ClF2N4O3.C9H13N3.CH4/c23-17-11-30-20(31-13-22(24,25)16-5-1-2-6-27-16)21(34)32(17)12-18(33)29-10-15-9-26-8-14-4-3-7-28-19(14)15;14-9-5-18-11(12(23)20(9)6-10(21)22)19-7-13(15,16)8-3-1-2-4-17-8;10-4-8-6-11-5-7-2-1-3-12-9(7)8;/h1-2,5-6,8-9,11,28H,3-4,7,10,12-13H2,(H,29,33)(H,30,31);1-5H,6-7H2,(H,18,19)(H,21,22);5-6,12H,1-4,10H2;1H4. The number of carboxylic acids is 1. The van der Waals surface area contributed by atoms with Gasteiger partial charge in [-0.3, -0.25) is 48.2 Å². The summed E-state index contributed by atoms with van der Waals surface area (Å²) in [6, 6.07) is 8.22. The van der Waals surface area contributed by atoms with Crippen molar-refractivity contribution in [3.63, 3.8) is 0 Å². The van der Waals surface area contributed by atoms with Crippen LogP contribution >= 0.6 is 23.2 Å². The van der Waals surface area contributed by atoms with Gasteiger partial charge in [-0.2, -0.15) is 17.6 Å². The van der Waals surface area contributed by atoms with Gasteiger partial charge >= 0.3 is 17.8 Å². The van der Waals surface area contributed by atoms with Crippen LogP contribution in [-0.4, -0.2) is 82.2 Å². The second-order valence-corrected chi connectivity index (χ2v) is 16.1. The molecule has 2 aliphatic rings. The molecule has 19 nitrogen and oxygen atoms in total. The van der Waals surface area contributed by atoms with Gasteiger partial charge in [-0.05, 0) is 61.1 Å². The molecule has 1 amide bonds. The molecule has 0 saturated carbocycles. The van der Waals surface area contributed by atoms with Gasteiger partial charge in [0.1, 0.15) is 34.8 Å². The summed E-state index contributed by atoms with van der Waals surface area (Å²) in [5.41, 5.74) is 9.53. The van der Waals surface area contributed by atoms with Crippen molar-refractivity contribution in [3.8, 4) is 0 Å². The molecule has 372 valence electrons. The number of fused-ring (bicyclic) bond motifs is 2. The Balaban J connectivity index is 0.000000217. The van der Waals surface area contributed by atoms with Crippen molar-refractivity contribution in [1.29, 1.82) is 0 Å². The zero-order valence-corrected chi connectivity index (χ0v) is 38.1. The number of halogens is 6. The highest BCUT2D eigenvalue weighted by Crippen LogP contribution is 2.28. The molecular formula is C45H50Cl2F4N14O5. The maximum Gasteiger partial charge on any atom is 0.323 e. The first-order valence-electron chi connectivity index (χ1n) is 21.2. The zero-order valence-electron chi connectivity index (χ0n) is 36.6. The molecular weight excluding hydrogens is 963 g/mol. The number of nitrogens with zero attached hydrogens (tertiary/aromatic N) is 8. The summed E-state index contributed by atoms with van der Waals surface area (Å²) in [4.78, 5) is 71.0. The average Bonchev–Trinajstić information content (AvgIpc) is 3.36. The fourth-order valence-corrected chi connectivity index (χ4v) is 7.31. The molecule has 6 aromatic rings. The number of aliphatic carboxylic acids is 1. The molecule has 0 unspecified atom stereocenters. The minimum Gasteiger partial charge on any atom is -0.480 e. The molecule has 0 aliphatic carbocycles. The lowest BCUT2D eigenvalue weighted by Gasteiger charge is -2.21. The monoisotopic (exact) mass is 1010 g/mol. The number of carboxylic acid groups (broad SMARTS) is 1. The molecule has 8 heterocycles. The second kappa shape index (κ2) is 24.9. The van der Waals surface area contributed by atoms with Crippen molar-refractivity contribution in [3.05, 3.63) is 151 Å². The van der Waals surface area contributed by atoms with Gasteiger partial charge in [0.2, 0.25) is 5.91 Å². The smallest absolute Gasteiger partial charge is 0.323 e. The number of carbonyl (C=O) groups is 2. The highest BCUT2D eigenvalue weighted by atomic mass is 35.5. The second-order valence-electron chi connectivity index (χ2n) is 15.3. The third kappa shape index (κ3) is 14.2. The lowest BCUT2D eigenvalue weighted by atomic mass is 10.0. The summed E-state index contributed by atoms with van der Waals surface area (Å²) in [5.74, 6) is -9.23. The molecule has 0 spiro atoms. The van der Waals surface area contributed by atoms with E-state index >= 15 is 0 Å². The van der Waals surface area contributed by atoms with E-state index in [4.69, 9.17) is 34.0 Å². The number of aromatic nitrogens is 8. The van der Waals surface area contributed by atoms with Crippen LogP contribution in [0.2, 0.25) is 10.3 Å².